The zero-order chi connectivity index (χ0) is 21.3. The van der Waals surface area contributed by atoms with Gasteiger partial charge in [0.25, 0.3) is 11.8 Å². The molecule has 0 bridgehead atoms. The quantitative estimate of drug-likeness (QED) is 0.758. The number of benzene rings is 2. The van der Waals surface area contributed by atoms with E-state index in [1.807, 2.05) is 0 Å². The second kappa shape index (κ2) is 8.53. The van der Waals surface area contributed by atoms with Gasteiger partial charge in [0.15, 0.2) is 0 Å². The number of hydrogen-bond acceptors (Lipinski definition) is 4. The maximum Gasteiger partial charge on any atom is 0.253 e. The summed E-state index contributed by atoms with van der Waals surface area (Å²) in [5.41, 5.74) is 0.929. The van der Waals surface area contributed by atoms with E-state index in [9.17, 15) is 18.8 Å². The molecule has 6 nitrogen and oxygen atoms in total. The summed E-state index contributed by atoms with van der Waals surface area (Å²) >= 11 is 5.97. The van der Waals surface area contributed by atoms with Crippen LogP contribution in [0.25, 0.3) is 0 Å². The number of carbonyl (C=O) groups is 3. The smallest absolute Gasteiger partial charge is 0.253 e. The number of anilines is 1. The first-order valence-corrected chi connectivity index (χ1v) is 10.2. The minimum absolute atomic E-state index is 0.0309. The van der Waals surface area contributed by atoms with Crippen LogP contribution in [0.5, 0.6) is 0 Å². The first-order valence-electron chi connectivity index (χ1n) is 9.85. The first kappa shape index (κ1) is 20.5. The molecule has 2 saturated heterocycles. The van der Waals surface area contributed by atoms with E-state index in [1.54, 1.807) is 29.2 Å². The molecule has 4 rings (SSSR count). The third-order valence-electron chi connectivity index (χ3n) is 5.52. The number of rotatable bonds is 4. The molecule has 2 aromatic rings. The van der Waals surface area contributed by atoms with E-state index < -0.39 is 11.9 Å². The molecule has 2 aliphatic heterocycles. The molecule has 0 spiro atoms. The van der Waals surface area contributed by atoms with Gasteiger partial charge in [0.2, 0.25) is 5.91 Å². The number of carbonyl (C=O) groups excluding carboxylic acids is 3. The highest BCUT2D eigenvalue weighted by Gasteiger charge is 2.40. The van der Waals surface area contributed by atoms with Crippen LogP contribution < -0.4 is 10.2 Å². The Morgan fingerprint density at radius 2 is 1.77 bits per heavy atom. The van der Waals surface area contributed by atoms with E-state index >= 15 is 0 Å². The molecule has 8 heteroatoms. The molecule has 0 saturated carbocycles. The molecule has 0 aliphatic carbocycles. The minimum atomic E-state index is -0.609. The number of nitrogens with one attached hydrogen (secondary N) is 1. The van der Waals surface area contributed by atoms with Gasteiger partial charge in [-0.05, 0) is 55.3 Å². The van der Waals surface area contributed by atoms with Crippen LogP contribution in [0.15, 0.2) is 48.5 Å². The normalized spacial score (nSPS) is 20.1. The van der Waals surface area contributed by atoms with Crippen LogP contribution in [0.4, 0.5) is 10.1 Å². The van der Waals surface area contributed by atoms with Gasteiger partial charge >= 0.3 is 0 Å². The molecule has 0 unspecified atom stereocenters. The summed E-state index contributed by atoms with van der Waals surface area (Å²) in [6, 6.07) is 11.6. The van der Waals surface area contributed by atoms with Crippen LogP contribution in [-0.2, 0) is 9.59 Å². The Morgan fingerprint density at radius 3 is 2.43 bits per heavy atom. The van der Waals surface area contributed by atoms with Crippen molar-refractivity contribution >= 4 is 35.0 Å². The number of imide groups is 1. The third-order valence-corrected chi connectivity index (χ3v) is 5.76. The summed E-state index contributed by atoms with van der Waals surface area (Å²) < 4.78 is 13.1. The van der Waals surface area contributed by atoms with E-state index in [-0.39, 0.29) is 30.2 Å². The Kier molecular flexibility index (Phi) is 5.83. The molecule has 1 N–H and O–H groups in total. The number of piperidine rings is 1. The van der Waals surface area contributed by atoms with Crippen molar-refractivity contribution in [3.63, 3.8) is 0 Å². The Morgan fingerprint density at radius 1 is 1.07 bits per heavy atom. The number of amides is 3. The molecule has 2 heterocycles. The van der Waals surface area contributed by atoms with Gasteiger partial charge in [-0.1, -0.05) is 17.7 Å². The van der Waals surface area contributed by atoms with E-state index in [4.69, 9.17) is 11.6 Å². The van der Waals surface area contributed by atoms with Gasteiger partial charge in [0, 0.05) is 29.7 Å². The lowest BCUT2D eigenvalue weighted by Crippen LogP contribution is -2.49. The van der Waals surface area contributed by atoms with Gasteiger partial charge in [-0.3, -0.25) is 14.4 Å². The summed E-state index contributed by atoms with van der Waals surface area (Å²) in [6.45, 7) is 1.11. The van der Waals surface area contributed by atoms with E-state index in [1.165, 1.54) is 24.3 Å². The van der Waals surface area contributed by atoms with Gasteiger partial charge < -0.3 is 10.2 Å². The predicted molar refractivity (Wildman–Crippen MR) is 111 cm³/mol. The maximum atomic E-state index is 13.1. The van der Waals surface area contributed by atoms with Crippen molar-refractivity contribution in [2.45, 2.75) is 31.3 Å². The second-order valence-electron chi connectivity index (χ2n) is 7.54. The van der Waals surface area contributed by atoms with Crippen LogP contribution in [0.3, 0.4) is 0 Å². The topological polar surface area (TPSA) is 69.7 Å². The average molecular weight is 430 g/mol. The van der Waals surface area contributed by atoms with Crippen LogP contribution in [0, 0.1) is 5.82 Å². The number of nitrogens with zero attached hydrogens (tertiary/aromatic N) is 2. The molecule has 2 aromatic carbocycles. The maximum absolute atomic E-state index is 13.1. The van der Waals surface area contributed by atoms with Crippen molar-refractivity contribution in [2.75, 3.05) is 18.0 Å². The van der Waals surface area contributed by atoms with Crippen molar-refractivity contribution in [3.8, 4) is 0 Å². The molecule has 2 aliphatic rings. The summed E-state index contributed by atoms with van der Waals surface area (Å²) in [4.78, 5) is 40.6. The van der Waals surface area contributed by atoms with Crippen LogP contribution >= 0.6 is 11.6 Å². The summed E-state index contributed by atoms with van der Waals surface area (Å²) in [5.74, 6) is -1.13. The average Bonchev–Trinajstić information content (AvgIpc) is 3.02. The third kappa shape index (κ3) is 4.22. The van der Waals surface area contributed by atoms with Gasteiger partial charge in [-0.15, -0.1) is 0 Å². The highest BCUT2D eigenvalue weighted by Crippen LogP contribution is 2.24. The molecule has 3 amide bonds. The molecular formula is C22H21ClFN3O3. The van der Waals surface area contributed by atoms with E-state index in [0.29, 0.717) is 42.2 Å². The largest absolute Gasteiger partial charge is 0.339 e. The molecule has 156 valence electrons. The highest BCUT2D eigenvalue weighted by atomic mass is 35.5. The molecule has 2 fully saturated rings. The fourth-order valence-electron chi connectivity index (χ4n) is 3.96. The number of likely N-dealkylation sites (tertiary alicyclic amines) is 1. The second-order valence-corrected chi connectivity index (χ2v) is 7.98. The first-order chi connectivity index (χ1) is 14.4. The number of hydrogen-bond donors (Lipinski definition) is 1. The summed E-state index contributed by atoms with van der Waals surface area (Å²) in [5, 5.41) is 3.79. The summed E-state index contributed by atoms with van der Waals surface area (Å²) in [6.07, 6.45) is 1.43. The van der Waals surface area contributed by atoms with Crippen LogP contribution in [0.1, 0.15) is 29.6 Å². The zero-order valence-corrected chi connectivity index (χ0v) is 16.9. The molecule has 1 atom stereocenters. The lowest BCUT2D eigenvalue weighted by atomic mass is 10.0. The standard InChI is InChI=1S/C22H21ClFN3O3/c23-15-3-1-2-14(12-15)21(29)26-10-8-17(9-11-26)25-19-13-20(28)27(22(19)30)18-6-4-16(24)5-7-18/h1-7,12,17,19,25H,8-11,13H2/t19-/m1/s1. The van der Waals surface area contributed by atoms with E-state index in [2.05, 4.69) is 5.32 Å². The molecule has 0 radical (unpaired) electrons. The van der Waals surface area contributed by atoms with Gasteiger partial charge in [0.1, 0.15) is 5.82 Å². The lowest BCUT2D eigenvalue weighted by molar-refractivity contribution is -0.121. The monoisotopic (exact) mass is 429 g/mol. The lowest BCUT2D eigenvalue weighted by Gasteiger charge is -2.33. The van der Waals surface area contributed by atoms with Crippen molar-refractivity contribution in [1.82, 2.24) is 10.2 Å². The fraction of sp³-hybridized carbons (Fsp3) is 0.318. The van der Waals surface area contributed by atoms with Crippen molar-refractivity contribution in [3.05, 3.63) is 64.9 Å². The van der Waals surface area contributed by atoms with E-state index in [0.717, 1.165) is 4.90 Å². The highest BCUT2D eigenvalue weighted by molar-refractivity contribution is 6.31. The molecular weight excluding hydrogens is 409 g/mol. The van der Waals surface area contributed by atoms with Gasteiger partial charge in [-0.2, -0.15) is 0 Å². The van der Waals surface area contributed by atoms with Gasteiger partial charge in [0.05, 0.1) is 18.2 Å². The van der Waals surface area contributed by atoms with Crippen LogP contribution in [-0.4, -0.2) is 47.8 Å². The zero-order valence-electron chi connectivity index (χ0n) is 16.2. The predicted octanol–water partition coefficient (Wildman–Crippen LogP) is 3.01. The van der Waals surface area contributed by atoms with Gasteiger partial charge in [-0.25, -0.2) is 9.29 Å². The Hall–Kier alpha value is -2.77. The van der Waals surface area contributed by atoms with Crippen molar-refractivity contribution in [1.29, 1.82) is 0 Å². The Bertz CT molecular complexity index is 974. The summed E-state index contributed by atoms with van der Waals surface area (Å²) in [7, 11) is 0. The van der Waals surface area contributed by atoms with Crippen molar-refractivity contribution in [2.24, 2.45) is 0 Å². The number of halogens is 2. The van der Waals surface area contributed by atoms with Crippen molar-refractivity contribution < 1.29 is 18.8 Å². The Labute approximate surface area is 178 Å². The van der Waals surface area contributed by atoms with Crippen LogP contribution in [0.2, 0.25) is 5.02 Å². The molecule has 0 aromatic heterocycles. The fourth-order valence-corrected chi connectivity index (χ4v) is 4.15. The Balaban J connectivity index is 1.34. The SMILES string of the molecule is O=C(c1cccc(Cl)c1)N1CCC(N[C@@H]2CC(=O)N(c3ccc(F)cc3)C2=O)CC1. The molecule has 30 heavy (non-hydrogen) atoms. The minimum Gasteiger partial charge on any atom is -0.339 e.